The topological polar surface area (TPSA) is 76.5 Å². The molecular weight excluding hydrogens is 446 g/mol. The van der Waals surface area contributed by atoms with Crippen LogP contribution >= 0.6 is 27.5 Å². The summed E-state index contributed by atoms with van der Waals surface area (Å²) in [6.45, 7) is 6.69. The monoisotopic (exact) mass is 463 g/mol. The highest BCUT2D eigenvalue weighted by Gasteiger charge is 2.15. The third-order valence-electron chi connectivity index (χ3n) is 3.78. The minimum atomic E-state index is -0.616. The number of aromatic amines is 1. The second-order valence-corrected chi connectivity index (χ2v) is 8.76. The molecule has 0 amide bonds. The molecule has 3 aromatic rings. The molecule has 0 aliphatic heterocycles. The molecule has 2 aromatic carbocycles. The van der Waals surface area contributed by atoms with E-state index in [1.54, 1.807) is 36.4 Å². The number of hydrogen-bond acceptors (Lipinski definition) is 4. The van der Waals surface area contributed by atoms with Crippen molar-refractivity contribution >= 4 is 44.6 Å². The van der Waals surface area contributed by atoms with Gasteiger partial charge in [-0.05, 0) is 51.2 Å². The van der Waals surface area contributed by atoms with E-state index in [-0.39, 0.29) is 5.41 Å². The van der Waals surface area contributed by atoms with Gasteiger partial charge < -0.3 is 9.72 Å². The lowest BCUT2D eigenvalue weighted by molar-refractivity contribution is 0.197. The van der Waals surface area contributed by atoms with Crippen LogP contribution < -0.4 is 16.0 Å². The normalized spacial score (nSPS) is 12.0. The second-order valence-electron chi connectivity index (χ2n) is 7.50. The van der Waals surface area contributed by atoms with Gasteiger partial charge in [-0.3, -0.25) is 4.79 Å². The van der Waals surface area contributed by atoms with Gasteiger partial charge in [-0.15, -0.1) is 4.68 Å². The molecular formula is C20H19BrClN3O3. The van der Waals surface area contributed by atoms with Crippen LogP contribution in [0.5, 0.6) is 5.75 Å². The molecule has 1 N–H and O–H groups in total. The largest absolute Gasteiger partial charge is 0.490 e. The van der Waals surface area contributed by atoms with Crippen molar-refractivity contribution in [1.82, 2.24) is 9.66 Å². The molecule has 0 saturated carbocycles. The van der Waals surface area contributed by atoms with E-state index in [0.717, 1.165) is 4.68 Å². The van der Waals surface area contributed by atoms with E-state index in [1.807, 2.05) is 0 Å². The Hall–Kier alpha value is -2.38. The summed E-state index contributed by atoms with van der Waals surface area (Å²) in [6.07, 6.45) is 1.40. The highest BCUT2D eigenvalue weighted by Crippen LogP contribution is 2.35. The lowest BCUT2D eigenvalue weighted by atomic mass is 9.99. The number of aromatic nitrogens is 2. The lowest BCUT2D eigenvalue weighted by Gasteiger charge is -2.20. The van der Waals surface area contributed by atoms with Crippen molar-refractivity contribution in [2.45, 2.75) is 20.8 Å². The Morgan fingerprint density at radius 2 is 1.96 bits per heavy atom. The molecule has 0 aliphatic rings. The molecule has 6 nitrogen and oxygen atoms in total. The number of halogens is 2. The SMILES string of the molecule is CC(C)(C)COc1c(Cl)cc(C=Nn2c(=O)[nH]c3ccccc3c2=O)cc1Br. The zero-order valence-corrected chi connectivity index (χ0v) is 18.0. The minimum absolute atomic E-state index is 0.0127. The van der Waals surface area contributed by atoms with Gasteiger partial charge in [0.1, 0.15) is 0 Å². The van der Waals surface area contributed by atoms with E-state index in [0.29, 0.717) is 38.3 Å². The first kappa shape index (κ1) is 20.4. The van der Waals surface area contributed by atoms with Gasteiger partial charge in [0, 0.05) is 0 Å². The Labute approximate surface area is 174 Å². The molecule has 0 radical (unpaired) electrons. The third-order valence-corrected chi connectivity index (χ3v) is 4.65. The molecule has 3 rings (SSSR count). The first-order chi connectivity index (χ1) is 13.2. The van der Waals surface area contributed by atoms with Crippen LogP contribution in [0.4, 0.5) is 0 Å². The van der Waals surface area contributed by atoms with Gasteiger partial charge in [-0.25, -0.2) is 4.79 Å². The molecule has 0 spiro atoms. The summed E-state index contributed by atoms with van der Waals surface area (Å²) in [4.78, 5) is 27.3. The first-order valence-electron chi connectivity index (χ1n) is 8.56. The quantitative estimate of drug-likeness (QED) is 0.581. The average molecular weight is 465 g/mol. The fraction of sp³-hybridized carbons (Fsp3) is 0.250. The number of rotatable bonds is 4. The number of para-hydroxylation sites is 1. The highest BCUT2D eigenvalue weighted by atomic mass is 79.9. The average Bonchev–Trinajstić information content (AvgIpc) is 2.60. The molecule has 0 saturated heterocycles. The summed E-state index contributed by atoms with van der Waals surface area (Å²) in [7, 11) is 0. The molecule has 1 heterocycles. The highest BCUT2D eigenvalue weighted by molar-refractivity contribution is 9.10. The number of H-pyrrole nitrogens is 1. The van der Waals surface area contributed by atoms with Gasteiger partial charge >= 0.3 is 5.69 Å². The molecule has 1 aromatic heterocycles. The first-order valence-corrected chi connectivity index (χ1v) is 9.73. The van der Waals surface area contributed by atoms with Crippen molar-refractivity contribution in [2.75, 3.05) is 6.61 Å². The summed E-state index contributed by atoms with van der Waals surface area (Å²) in [6, 6.07) is 10.2. The molecule has 28 heavy (non-hydrogen) atoms. The summed E-state index contributed by atoms with van der Waals surface area (Å²) in [5.74, 6) is 0.537. The maximum absolute atomic E-state index is 12.5. The Bertz CT molecular complexity index is 1150. The zero-order valence-electron chi connectivity index (χ0n) is 15.6. The van der Waals surface area contributed by atoms with Crippen molar-refractivity contribution < 1.29 is 4.74 Å². The van der Waals surface area contributed by atoms with Gasteiger partial charge in [0.2, 0.25) is 0 Å². The van der Waals surface area contributed by atoms with Crippen LogP contribution in [0.25, 0.3) is 10.9 Å². The van der Waals surface area contributed by atoms with Crippen LogP contribution in [0.2, 0.25) is 5.02 Å². The van der Waals surface area contributed by atoms with Crippen LogP contribution in [0.1, 0.15) is 26.3 Å². The Kier molecular flexibility index (Phi) is 5.76. The fourth-order valence-electron chi connectivity index (χ4n) is 2.46. The predicted molar refractivity (Wildman–Crippen MR) is 116 cm³/mol. The standard InChI is InChI=1S/C20H19BrClN3O3/c1-20(2,3)11-28-17-14(21)8-12(9-15(17)22)10-23-25-18(26)13-6-4-5-7-16(13)24-19(25)27/h4-10H,11H2,1-3H3,(H,24,27). The molecule has 8 heteroatoms. The van der Waals surface area contributed by atoms with E-state index in [9.17, 15) is 9.59 Å². The van der Waals surface area contributed by atoms with Gasteiger partial charge in [0.25, 0.3) is 5.56 Å². The van der Waals surface area contributed by atoms with Gasteiger partial charge in [0.05, 0.1) is 33.2 Å². The van der Waals surface area contributed by atoms with E-state index < -0.39 is 11.2 Å². The van der Waals surface area contributed by atoms with E-state index in [1.165, 1.54) is 6.21 Å². The summed E-state index contributed by atoms with van der Waals surface area (Å²) < 4.78 is 7.25. The number of nitrogens with one attached hydrogen (secondary N) is 1. The summed E-state index contributed by atoms with van der Waals surface area (Å²) >= 11 is 9.78. The molecule has 0 fully saturated rings. The molecule has 0 aliphatic carbocycles. The maximum Gasteiger partial charge on any atom is 0.349 e. The van der Waals surface area contributed by atoms with Crippen molar-refractivity contribution in [3.63, 3.8) is 0 Å². The van der Waals surface area contributed by atoms with Crippen molar-refractivity contribution in [1.29, 1.82) is 0 Å². The van der Waals surface area contributed by atoms with Gasteiger partial charge in [0.15, 0.2) is 5.75 Å². The molecule has 0 unspecified atom stereocenters. The van der Waals surface area contributed by atoms with Crippen LogP contribution in [0.15, 0.2) is 55.6 Å². The smallest absolute Gasteiger partial charge is 0.349 e. The minimum Gasteiger partial charge on any atom is -0.490 e. The zero-order chi connectivity index (χ0) is 20.5. The van der Waals surface area contributed by atoms with E-state index in [2.05, 4.69) is 46.8 Å². The Morgan fingerprint density at radius 3 is 2.64 bits per heavy atom. The maximum atomic E-state index is 12.5. The Morgan fingerprint density at radius 1 is 1.25 bits per heavy atom. The number of nitrogens with zero attached hydrogens (tertiary/aromatic N) is 2. The van der Waals surface area contributed by atoms with Gasteiger partial charge in [-0.2, -0.15) is 5.10 Å². The number of ether oxygens (including phenoxy) is 1. The van der Waals surface area contributed by atoms with E-state index >= 15 is 0 Å². The second kappa shape index (κ2) is 7.93. The van der Waals surface area contributed by atoms with Gasteiger partial charge in [-0.1, -0.05) is 44.5 Å². The van der Waals surface area contributed by atoms with Crippen molar-refractivity contribution in [3.05, 3.63) is 72.3 Å². The van der Waals surface area contributed by atoms with Crippen molar-refractivity contribution in [3.8, 4) is 5.75 Å². The number of benzene rings is 2. The lowest BCUT2D eigenvalue weighted by Crippen LogP contribution is -2.32. The number of hydrogen-bond donors (Lipinski definition) is 1. The van der Waals surface area contributed by atoms with Crippen LogP contribution in [0.3, 0.4) is 0 Å². The van der Waals surface area contributed by atoms with Crippen LogP contribution in [-0.4, -0.2) is 22.5 Å². The van der Waals surface area contributed by atoms with Crippen LogP contribution in [0, 0.1) is 5.41 Å². The summed E-state index contributed by atoms with van der Waals surface area (Å²) in [5.41, 5.74) is -0.0445. The van der Waals surface area contributed by atoms with Crippen LogP contribution in [-0.2, 0) is 0 Å². The fourth-order valence-corrected chi connectivity index (χ4v) is 3.45. The summed E-state index contributed by atoms with van der Waals surface area (Å²) in [5, 5.41) is 4.82. The Balaban J connectivity index is 1.94. The predicted octanol–water partition coefficient (Wildman–Crippen LogP) is 4.41. The van der Waals surface area contributed by atoms with E-state index in [4.69, 9.17) is 16.3 Å². The third kappa shape index (κ3) is 4.54. The van der Waals surface area contributed by atoms with Crippen molar-refractivity contribution in [2.24, 2.45) is 10.5 Å². The number of fused-ring (bicyclic) bond motifs is 1. The molecule has 0 atom stereocenters. The molecule has 0 bridgehead atoms. The molecule has 146 valence electrons.